The number of carbonyl (C=O) groups excluding carboxylic acids is 2. The van der Waals surface area contributed by atoms with E-state index in [2.05, 4.69) is 5.32 Å². The van der Waals surface area contributed by atoms with Crippen molar-refractivity contribution in [3.8, 4) is 5.75 Å². The van der Waals surface area contributed by atoms with Crippen LogP contribution in [0.2, 0.25) is 0 Å². The van der Waals surface area contributed by atoms with Gasteiger partial charge in [0.15, 0.2) is 5.78 Å². The number of ether oxygens (including phenoxy) is 1. The van der Waals surface area contributed by atoms with Crippen LogP contribution in [0.3, 0.4) is 0 Å². The summed E-state index contributed by atoms with van der Waals surface area (Å²) < 4.78 is 28.9. The van der Waals surface area contributed by atoms with E-state index in [1.807, 2.05) is 0 Å². The second-order valence-electron chi connectivity index (χ2n) is 7.06. The van der Waals surface area contributed by atoms with Gasteiger partial charge in [0.2, 0.25) is 0 Å². The summed E-state index contributed by atoms with van der Waals surface area (Å²) in [4.78, 5) is 36.0. The Kier molecular flexibility index (Phi) is 5.94. The molecule has 0 fully saturated rings. The van der Waals surface area contributed by atoms with E-state index in [1.165, 1.54) is 25.1 Å². The van der Waals surface area contributed by atoms with Gasteiger partial charge in [0.1, 0.15) is 27.2 Å². The quantitative estimate of drug-likeness (QED) is 0.713. The molecule has 1 amide bonds. The van der Waals surface area contributed by atoms with Crippen LogP contribution in [0.25, 0.3) is 0 Å². The molecule has 148 valence electrons. The fourth-order valence-corrected chi connectivity index (χ4v) is 3.62. The number of aliphatic carboxylic acids is 1. The monoisotopic (exact) mass is 397 g/mol. The highest BCUT2D eigenvalue weighted by Gasteiger charge is 2.33. The number of carboxylic acids is 1. The lowest BCUT2D eigenvalue weighted by atomic mass is 9.92. The number of benzene rings is 1. The van der Waals surface area contributed by atoms with E-state index in [-0.39, 0.29) is 41.3 Å². The summed E-state index contributed by atoms with van der Waals surface area (Å²) in [7, 11) is -3.35. The molecule has 2 N–H and O–H groups in total. The minimum absolute atomic E-state index is 0.101. The first kappa shape index (κ1) is 20.9. The molecular weight excluding hydrogens is 374 g/mol. The lowest BCUT2D eigenvalue weighted by molar-refractivity contribution is -0.139. The van der Waals surface area contributed by atoms with Crippen LogP contribution in [0.5, 0.6) is 5.75 Å². The van der Waals surface area contributed by atoms with Crippen LogP contribution in [-0.4, -0.2) is 54.3 Å². The molecule has 1 aliphatic rings. The van der Waals surface area contributed by atoms with Crippen molar-refractivity contribution in [2.24, 2.45) is 0 Å². The van der Waals surface area contributed by atoms with Crippen LogP contribution in [0.1, 0.15) is 54.3 Å². The van der Waals surface area contributed by atoms with Gasteiger partial charge in [-0.15, -0.1) is 0 Å². The third-order valence-electron chi connectivity index (χ3n) is 4.28. The molecule has 0 aliphatic carbocycles. The number of amides is 1. The number of nitrogens with one attached hydrogen (secondary N) is 1. The first-order valence-electron chi connectivity index (χ1n) is 8.54. The molecule has 0 saturated heterocycles. The van der Waals surface area contributed by atoms with Gasteiger partial charge in [-0.2, -0.15) is 0 Å². The van der Waals surface area contributed by atoms with Gasteiger partial charge in [0, 0.05) is 11.3 Å². The number of rotatable bonds is 7. The van der Waals surface area contributed by atoms with E-state index < -0.39 is 33.4 Å². The van der Waals surface area contributed by atoms with E-state index in [9.17, 15) is 27.9 Å². The maximum absolute atomic E-state index is 12.4. The van der Waals surface area contributed by atoms with Crippen LogP contribution >= 0.6 is 0 Å². The highest BCUT2D eigenvalue weighted by Crippen LogP contribution is 2.33. The molecule has 0 aromatic heterocycles. The molecule has 1 aromatic rings. The van der Waals surface area contributed by atoms with Crippen molar-refractivity contribution in [3.63, 3.8) is 0 Å². The number of Topliss-reactive ketones (excluding diaryl/α,β-unsaturated/α-hetero) is 1. The second kappa shape index (κ2) is 7.67. The highest BCUT2D eigenvalue weighted by molar-refractivity contribution is 7.91. The predicted molar refractivity (Wildman–Crippen MR) is 97.9 cm³/mol. The molecule has 0 saturated carbocycles. The average Bonchev–Trinajstić information content (AvgIpc) is 2.56. The van der Waals surface area contributed by atoms with E-state index in [0.29, 0.717) is 5.75 Å². The SMILES string of the molecule is CCS(=O)(=O)CCC(NC(=O)c1ccc2c(c1)C(=O)CC(C)(C)O2)C(=O)O. The van der Waals surface area contributed by atoms with E-state index in [4.69, 9.17) is 4.74 Å². The summed E-state index contributed by atoms with van der Waals surface area (Å²) in [6.07, 6.45) is -0.0733. The van der Waals surface area contributed by atoms with Crippen molar-refractivity contribution in [2.45, 2.75) is 45.3 Å². The maximum Gasteiger partial charge on any atom is 0.326 e. The molecular formula is C18H23NO7S. The molecule has 1 heterocycles. The van der Waals surface area contributed by atoms with E-state index in [0.717, 1.165) is 0 Å². The molecule has 1 unspecified atom stereocenters. The zero-order valence-electron chi connectivity index (χ0n) is 15.4. The molecule has 1 aromatic carbocycles. The Morgan fingerprint density at radius 1 is 1.33 bits per heavy atom. The number of hydrogen-bond acceptors (Lipinski definition) is 6. The molecule has 0 spiro atoms. The lowest BCUT2D eigenvalue weighted by Gasteiger charge is -2.31. The maximum atomic E-state index is 12.4. The Morgan fingerprint density at radius 3 is 2.59 bits per heavy atom. The molecule has 9 heteroatoms. The molecule has 1 aliphatic heterocycles. The summed E-state index contributed by atoms with van der Waals surface area (Å²) in [5.41, 5.74) is -0.259. The van der Waals surface area contributed by atoms with Gasteiger partial charge in [0.05, 0.1) is 17.7 Å². The third-order valence-corrected chi connectivity index (χ3v) is 6.01. The van der Waals surface area contributed by atoms with Crippen molar-refractivity contribution in [1.29, 1.82) is 0 Å². The molecule has 0 bridgehead atoms. The number of ketones is 1. The molecule has 2 rings (SSSR count). The first-order chi connectivity index (χ1) is 12.4. The number of fused-ring (bicyclic) bond motifs is 1. The highest BCUT2D eigenvalue weighted by atomic mass is 32.2. The lowest BCUT2D eigenvalue weighted by Crippen LogP contribution is -2.42. The predicted octanol–water partition coefficient (Wildman–Crippen LogP) is 1.44. The molecule has 8 nitrogen and oxygen atoms in total. The van der Waals surface area contributed by atoms with E-state index in [1.54, 1.807) is 13.8 Å². The van der Waals surface area contributed by atoms with Crippen LogP contribution in [-0.2, 0) is 14.6 Å². The second-order valence-corrected chi connectivity index (χ2v) is 9.53. The summed E-state index contributed by atoms with van der Waals surface area (Å²) in [6, 6.07) is 2.95. The summed E-state index contributed by atoms with van der Waals surface area (Å²) in [5.74, 6) is -2.26. The van der Waals surface area contributed by atoms with Crippen molar-refractivity contribution in [3.05, 3.63) is 29.3 Å². The van der Waals surface area contributed by atoms with Gasteiger partial charge in [-0.05, 0) is 38.5 Å². The summed E-state index contributed by atoms with van der Waals surface area (Å²) >= 11 is 0. The zero-order chi connectivity index (χ0) is 20.4. The minimum atomic E-state index is -3.35. The summed E-state index contributed by atoms with van der Waals surface area (Å²) in [5, 5.41) is 11.6. The van der Waals surface area contributed by atoms with Crippen LogP contribution in [0, 0.1) is 0 Å². The Labute approximate surface area is 157 Å². The topological polar surface area (TPSA) is 127 Å². The van der Waals surface area contributed by atoms with Crippen LogP contribution < -0.4 is 10.1 Å². The van der Waals surface area contributed by atoms with Crippen LogP contribution in [0.15, 0.2) is 18.2 Å². The molecule has 0 radical (unpaired) electrons. The normalized spacial score (nSPS) is 16.8. The number of carboxylic acid groups (broad SMARTS) is 1. The average molecular weight is 397 g/mol. The Bertz CT molecular complexity index is 874. The first-order valence-corrected chi connectivity index (χ1v) is 10.4. The van der Waals surface area contributed by atoms with E-state index >= 15 is 0 Å². The van der Waals surface area contributed by atoms with Gasteiger partial charge < -0.3 is 15.2 Å². The summed E-state index contributed by atoms with van der Waals surface area (Å²) in [6.45, 7) is 5.05. The Hall–Kier alpha value is -2.42. The standard InChI is InChI=1S/C18H23NO7S/c1-4-27(24,25)8-7-13(17(22)23)19-16(21)11-5-6-15-12(9-11)14(20)10-18(2,3)26-15/h5-6,9,13H,4,7-8,10H2,1-3H3,(H,19,21)(H,22,23). The molecule has 27 heavy (non-hydrogen) atoms. The Balaban J connectivity index is 2.16. The van der Waals surface area contributed by atoms with Crippen molar-refractivity contribution < 1.29 is 32.6 Å². The number of carbonyl (C=O) groups is 3. The van der Waals surface area contributed by atoms with Crippen molar-refractivity contribution in [1.82, 2.24) is 5.32 Å². The van der Waals surface area contributed by atoms with Gasteiger partial charge in [-0.25, -0.2) is 13.2 Å². The Morgan fingerprint density at radius 2 is 2.00 bits per heavy atom. The fourth-order valence-electron chi connectivity index (χ4n) is 2.73. The zero-order valence-corrected chi connectivity index (χ0v) is 16.3. The van der Waals surface area contributed by atoms with Crippen LogP contribution in [0.4, 0.5) is 0 Å². The minimum Gasteiger partial charge on any atom is -0.487 e. The van der Waals surface area contributed by atoms with Crippen molar-refractivity contribution >= 4 is 27.5 Å². The smallest absolute Gasteiger partial charge is 0.326 e. The molecule has 1 atom stereocenters. The van der Waals surface area contributed by atoms with Gasteiger partial charge in [-0.1, -0.05) is 6.92 Å². The third kappa shape index (κ3) is 5.29. The van der Waals surface area contributed by atoms with Crippen molar-refractivity contribution in [2.75, 3.05) is 11.5 Å². The number of hydrogen-bond donors (Lipinski definition) is 2. The number of sulfone groups is 1. The van der Waals surface area contributed by atoms with Gasteiger partial charge in [-0.3, -0.25) is 9.59 Å². The van der Waals surface area contributed by atoms with Gasteiger partial charge in [0.25, 0.3) is 5.91 Å². The van der Waals surface area contributed by atoms with Gasteiger partial charge >= 0.3 is 5.97 Å². The fraction of sp³-hybridized carbons (Fsp3) is 0.500. The largest absolute Gasteiger partial charge is 0.487 e.